The largest absolute Gasteiger partial charge is 0.394 e. The van der Waals surface area contributed by atoms with Gasteiger partial charge in [-0.1, -0.05) is 0 Å². The molecular formula is C12H22O10. The van der Waals surface area contributed by atoms with E-state index in [0.717, 1.165) is 0 Å². The quantitative estimate of drug-likeness (QED) is 0.269. The second-order valence-electron chi connectivity index (χ2n) is 5.51. The molecule has 2 aliphatic rings. The summed E-state index contributed by atoms with van der Waals surface area (Å²) >= 11 is 0. The first-order chi connectivity index (χ1) is 10.3. The van der Waals surface area contributed by atoms with E-state index in [2.05, 4.69) is 0 Å². The highest BCUT2D eigenvalue weighted by Gasteiger charge is 2.48. The molecule has 7 N–H and O–H groups in total. The third kappa shape index (κ3) is 3.26. The van der Waals surface area contributed by atoms with Crippen LogP contribution in [0.5, 0.6) is 0 Å². The molecule has 0 bridgehead atoms. The van der Waals surface area contributed by atoms with Crippen LogP contribution in [0.15, 0.2) is 0 Å². The summed E-state index contributed by atoms with van der Waals surface area (Å²) in [7, 11) is 0. The topological polar surface area (TPSA) is 169 Å². The fourth-order valence-electron chi connectivity index (χ4n) is 2.44. The van der Waals surface area contributed by atoms with E-state index < -0.39 is 68.0 Å². The third-order valence-corrected chi connectivity index (χ3v) is 3.93. The minimum absolute atomic E-state index is 0.628. The molecule has 10 heteroatoms. The average Bonchev–Trinajstić information content (AvgIpc) is 2.50. The Balaban J connectivity index is 2.05. The molecule has 22 heavy (non-hydrogen) atoms. The molecule has 2 rings (SSSR count). The van der Waals surface area contributed by atoms with Crippen LogP contribution < -0.4 is 0 Å². The van der Waals surface area contributed by atoms with Crippen molar-refractivity contribution in [2.45, 2.75) is 68.3 Å². The summed E-state index contributed by atoms with van der Waals surface area (Å²) in [5.41, 5.74) is 0. The molecule has 2 saturated heterocycles. The van der Waals surface area contributed by atoms with Gasteiger partial charge in [-0.3, -0.25) is 0 Å². The summed E-state index contributed by atoms with van der Waals surface area (Å²) in [6.45, 7) is 0.819. The van der Waals surface area contributed by atoms with E-state index in [4.69, 9.17) is 19.3 Å². The van der Waals surface area contributed by atoms with E-state index in [9.17, 15) is 30.6 Å². The smallest absolute Gasteiger partial charge is 0.189 e. The van der Waals surface area contributed by atoms with E-state index >= 15 is 0 Å². The van der Waals surface area contributed by atoms with Crippen molar-refractivity contribution in [3.63, 3.8) is 0 Å². The highest BCUT2D eigenvalue weighted by atomic mass is 16.8. The molecule has 0 aliphatic carbocycles. The highest BCUT2D eigenvalue weighted by Crippen LogP contribution is 2.27. The molecule has 2 fully saturated rings. The summed E-state index contributed by atoms with van der Waals surface area (Å²) < 4.78 is 15.5. The van der Waals surface area contributed by atoms with Crippen molar-refractivity contribution in [1.29, 1.82) is 0 Å². The lowest BCUT2D eigenvalue weighted by molar-refractivity contribution is -0.373. The van der Waals surface area contributed by atoms with Crippen LogP contribution in [0.3, 0.4) is 0 Å². The van der Waals surface area contributed by atoms with Crippen LogP contribution in [0.1, 0.15) is 6.92 Å². The molecular weight excluding hydrogens is 304 g/mol. The molecule has 10 nitrogen and oxygen atoms in total. The predicted octanol–water partition coefficient (Wildman–Crippen LogP) is -4.37. The molecule has 0 amide bonds. The molecule has 0 aromatic heterocycles. The van der Waals surface area contributed by atoms with Crippen LogP contribution in [0, 0.1) is 0 Å². The third-order valence-electron chi connectivity index (χ3n) is 3.93. The van der Waals surface area contributed by atoms with E-state index in [1.54, 1.807) is 0 Å². The monoisotopic (exact) mass is 326 g/mol. The number of rotatable bonds is 3. The van der Waals surface area contributed by atoms with Gasteiger partial charge in [0, 0.05) is 0 Å². The second kappa shape index (κ2) is 7.01. The van der Waals surface area contributed by atoms with Crippen molar-refractivity contribution in [3.8, 4) is 0 Å². The summed E-state index contributed by atoms with van der Waals surface area (Å²) in [5, 5.41) is 67.3. The van der Waals surface area contributed by atoms with Gasteiger partial charge in [0.2, 0.25) is 0 Å². The van der Waals surface area contributed by atoms with Crippen molar-refractivity contribution in [2.24, 2.45) is 0 Å². The van der Waals surface area contributed by atoms with Crippen LogP contribution in [-0.2, 0) is 14.2 Å². The Morgan fingerprint density at radius 2 is 1.23 bits per heavy atom. The zero-order valence-corrected chi connectivity index (χ0v) is 11.8. The highest BCUT2D eigenvalue weighted by molar-refractivity contribution is 4.91. The van der Waals surface area contributed by atoms with Crippen LogP contribution in [0.4, 0.5) is 0 Å². The van der Waals surface area contributed by atoms with Gasteiger partial charge < -0.3 is 50.0 Å². The summed E-state index contributed by atoms with van der Waals surface area (Å²) in [5.74, 6) is 0. The van der Waals surface area contributed by atoms with E-state index in [1.165, 1.54) is 6.92 Å². The summed E-state index contributed by atoms with van der Waals surface area (Å²) in [6, 6.07) is 0. The molecule has 0 spiro atoms. The predicted molar refractivity (Wildman–Crippen MR) is 67.2 cm³/mol. The summed E-state index contributed by atoms with van der Waals surface area (Å²) in [4.78, 5) is 0. The lowest BCUT2D eigenvalue weighted by Gasteiger charge is -2.44. The van der Waals surface area contributed by atoms with Gasteiger partial charge in [-0.2, -0.15) is 0 Å². The number of hydrogen-bond donors (Lipinski definition) is 7. The number of aliphatic hydroxyl groups excluding tert-OH is 7. The molecule has 10 atom stereocenters. The SMILES string of the molecule is C[C@@H]1OC(O[C@H]2O[C@H](CO)[C@@H](O)[C@H](O)[C@H]2O)[C@H](O)[C@H](O)[C@H]1O. The first-order valence-electron chi connectivity index (χ1n) is 6.93. The first kappa shape index (κ1) is 17.9. The van der Waals surface area contributed by atoms with Gasteiger partial charge in [-0.05, 0) is 6.92 Å². The van der Waals surface area contributed by atoms with Crippen molar-refractivity contribution in [3.05, 3.63) is 0 Å². The normalized spacial score (nSPS) is 53.5. The Bertz CT molecular complexity index is 366. The van der Waals surface area contributed by atoms with Crippen molar-refractivity contribution in [2.75, 3.05) is 6.61 Å². The Morgan fingerprint density at radius 1 is 0.727 bits per heavy atom. The van der Waals surface area contributed by atoms with Crippen LogP contribution in [0.2, 0.25) is 0 Å². The molecule has 1 unspecified atom stereocenters. The lowest BCUT2D eigenvalue weighted by Crippen LogP contribution is -2.63. The minimum atomic E-state index is -1.66. The maximum Gasteiger partial charge on any atom is 0.189 e. The number of aliphatic hydroxyl groups is 7. The van der Waals surface area contributed by atoms with Gasteiger partial charge in [0.25, 0.3) is 0 Å². The molecule has 0 aromatic carbocycles. The molecule has 2 heterocycles. The van der Waals surface area contributed by atoms with E-state index in [1.807, 2.05) is 0 Å². The van der Waals surface area contributed by atoms with Gasteiger partial charge in [0.15, 0.2) is 12.6 Å². The van der Waals surface area contributed by atoms with Gasteiger partial charge in [0.05, 0.1) is 12.7 Å². The number of ether oxygens (including phenoxy) is 3. The summed E-state index contributed by atoms with van der Waals surface area (Å²) in [6.07, 6.45) is -14.3. The molecule has 0 radical (unpaired) electrons. The second-order valence-corrected chi connectivity index (χ2v) is 5.51. The molecule has 0 saturated carbocycles. The zero-order valence-electron chi connectivity index (χ0n) is 11.8. The van der Waals surface area contributed by atoms with Crippen LogP contribution >= 0.6 is 0 Å². The maximum atomic E-state index is 9.83. The fraction of sp³-hybridized carbons (Fsp3) is 1.00. The van der Waals surface area contributed by atoms with E-state index in [-0.39, 0.29) is 0 Å². The molecule has 0 aromatic rings. The lowest BCUT2D eigenvalue weighted by atomic mass is 9.98. The van der Waals surface area contributed by atoms with Gasteiger partial charge >= 0.3 is 0 Å². The zero-order chi connectivity index (χ0) is 16.6. The number of hydrogen-bond acceptors (Lipinski definition) is 10. The van der Waals surface area contributed by atoms with Crippen molar-refractivity contribution >= 4 is 0 Å². The van der Waals surface area contributed by atoms with Crippen molar-refractivity contribution < 1.29 is 50.0 Å². The fourth-order valence-corrected chi connectivity index (χ4v) is 2.44. The van der Waals surface area contributed by atoms with Gasteiger partial charge in [0.1, 0.15) is 42.7 Å². The van der Waals surface area contributed by atoms with Crippen LogP contribution in [0.25, 0.3) is 0 Å². The molecule has 130 valence electrons. The average molecular weight is 326 g/mol. The van der Waals surface area contributed by atoms with Gasteiger partial charge in [-0.25, -0.2) is 0 Å². The minimum Gasteiger partial charge on any atom is -0.394 e. The Hall–Kier alpha value is -0.400. The van der Waals surface area contributed by atoms with Crippen LogP contribution in [-0.4, -0.2) is 104 Å². The standard InChI is InChI=1S/C12H22O10/c1-3-5(14)7(16)9(18)11(20-3)22-12-10(19)8(17)6(15)4(2-13)21-12/h3-19H,2H2,1H3/t3-,4+,5-,6+,7+,8-,9+,10+,11?,12+/m0/s1. The van der Waals surface area contributed by atoms with Gasteiger partial charge in [-0.15, -0.1) is 0 Å². The van der Waals surface area contributed by atoms with E-state index in [0.29, 0.717) is 0 Å². The Morgan fingerprint density at radius 3 is 1.77 bits per heavy atom. The first-order valence-corrected chi connectivity index (χ1v) is 6.93. The Kier molecular flexibility index (Phi) is 5.72. The molecule has 2 aliphatic heterocycles. The van der Waals surface area contributed by atoms with Crippen molar-refractivity contribution in [1.82, 2.24) is 0 Å². The maximum absolute atomic E-state index is 9.83. The Labute approximate surface area is 126 Å².